The lowest BCUT2D eigenvalue weighted by atomic mass is 10.1. The van der Waals surface area contributed by atoms with E-state index >= 15 is 0 Å². The quantitative estimate of drug-likeness (QED) is 0.284. The first-order chi connectivity index (χ1) is 15.2. The van der Waals surface area contributed by atoms with E-state index < -0.39 is 11.7 Å². The number of alkyl halides is 3. The van der Waals surface area contributed by atoms with Crippen LogP contribution in [0.5, 0.6) is 0 Å². The van der Waals surface area contributed by atoms with Gasteiger partial charge in [0.2, 0.25) is 0 Å². The summed E-state index contributed by atoms with van der Waals surface area (Å²) >= 11 is 13.8. The molecule has 1 aromatic heterocycles. The number of rotatable bonds is 6. The van der Waals surface area contributed by atoms with Crippen LogP contribution in [-0.2, 0) is 12.7 Å². The molecule has 3 nitrogen and oxygen atoms in total. The summed E-state index contributed by atoms with van der Waals surface area (Å²) in [7, 11) is 1.88. The number of aromatic nitrogens is 1. The van der Waals surface area contributed by atoms with Crippen LogP contribution in [0.1, 0.15) is 11.1 Å². The van der Waals surface area contributed by atoms with Gasteiger partial charge in [0.25, 0.3) is 0 Å². The van der Waals surface area contributed by atoms with Crippen LogP contribution in [-0.4, -0.2) is 11.0 Å². The molecule has 4 aromatic rings. The third-order valence-electron chi connectivity index (χ3n) is 4.80. The van der Waals surface area contributed by atoms with Gasteiger partial charge >= 0.3 is 6.18 Å². The Morgan fingerprint density at radius 1 is 1.00 bits per heavy atom. The second kappa shape index (κ2) is 9.27. The third-order valence-corrected chi connectivity index (χ3v) is 6.31. The number of nitrogens with one attached hydrogen (secondary N) is 2. The maximum Gasteiger partial charge on any atom is 0.416 e. The molecule has 0 unspecified atom stereocenters. The van der Waals surface area contributed by atoms with Gasteiger partial charge in [-0.05, 0) is 73.1 Å². The SMILES string of the molecule is CNCc1cn(Sc2cccc(Cl)c2)c2cc(Nc3ccc(C(F)(F)F)cc3Cl)ccc12. The Labute approximate surface area is 197 Å². The molecular weight excluding hydrogens is 478 g/mol. The Morgan fingerprint density at radius 2 is 1.81 bits per heavy atom. The minimum absolute atomic E-state index is 0.000482. The predicted molar refractivity (Wildman–Crippen MR) is 127 cm³/mol. The van der Waals surface area contributed by atoms with Crippen molar-refractivity contribution in [3.63, 3.8) is 0 Å². The molecule has 9 heteroatoms. The normalized spacial score (nSPS) is 11.8. The molecule has 0 amide bonds. The van der Waals surface area contributed by atoms with Crippen LogP contribution in [0.25, 0.3) is 10.9 Å². The number of fused-ring (bicyclic) bond motifs is 1. The molecule has 0 radical (unpaired) electrons. The van der Waals surface area contributed by atoms with Gasteiger partial charge in [-0.15, -0.1) is 0 Å². The molecular formula is C23H18Cl2F3N3S. The fourth-order valence-electron chi connectivity index (χ4n) is 3.34. The molecule has 32 heavy (non-hydrogen) atoms. The van der Waals surface area contributed by atoms with Gasteiger partial charge in [-0.25, -0.2) is 0 Å². The van der Waals surface area contributed by atoms with E-state index in [4.69, 9.17) is 23.2 Å². The summed E-state index contributed by atoms with van der Waals surface area (Å²) < 4.78 is 40.8. The number of hydrogen-bond acceptors (Lipinski definition) is 3. The van der Waals surface area contributed by atoms with E-state index in [2.05, 4.69) is 16.8 Å². The molecule has 0 aliphatic carbocycles. The van der Waals surface area contributed by atoms with Gasteiger partial charge in [0.05, 0.1) is 21.8 Å². The Bertz CT molecular complexity index is 1270. The number of anilines is 2. The van der Waals surface area contributed by atoms with Crippen LogP contribution >= 0.6 is 35.1 Å². The van der Waals surface area contributed by atoms with Crippen molar-refractivity contribution in [1.29, 1.82) is 0 Å². The van der Waals surface area contributed by atoms with Gasteiger partial charge in [-0.2, -0.15) is 13.2 Å². The summed E-state index contributed by atoms with van der Waals surface area (Å²) in [5.41, 5.74) is 2.40. The Kier molecular flexibility index (Phi) is 6.62. The van der Waals surface area contributed by atoms with Crippen molar-refractivity contribution in [2.24, 2.45) is 0 Å². The topological polar surface area (TPSA) is 29.0 Å². The maximum atomic E-state index is 12.9. The summed E-state index contributed by atoms with van der Waals surface area (Å²) in [5, 5.41) is 8.02. The van der Waals surface area contributed by atoms with Crippen molar-refractivity contribution in [3.05, 3.63) is 88.0 Å². The molecule has 0 aliphatic heterocycles. The average Bonchev–Trinajstić information content (AvgIpc) is 3.06. The predicted octanol–water partition coefficient (Wildman–Crippen LogP) is 7.99. The minimum Gasteiger partial charge on any atom is -0.354 e. The number of nitrogens with zero attached hydrogens (tertiary/aromatic N) is 1. The largest absolute Gasteiger partial charge is 0.416 e. The first kappa shape index (κ1) is 22.9. The molecule has 0 saturated carbocycles. The molecule has 4 rings (SSSR count). The molecule has 2 N–H and O–H groups in total. The van der Waals surface area contributed by atoms with Gasteiger partial charge < -0.3 is 10.6 Å². The fraction of sp³-hybridized carbons (Fsp3) is 0.130. The van der Waals surface area contributed by atoms with Gasteiger partial charge in [0.1, 0.15) is 0 Å². The Morgan fingerprint density at radius 3 is 2.50 bits per heavy atom. The molecule has 3 aromatic carbocycles. The molecule has 0 spiro atoms. The number of benzene rings is 3. The summed E-state index contributed by atoms with van der Waals surface area (Å²) in [4.78, 5) is 0.981. The Balaban J connectivity index is 1.69. The van der Waals surface area contributed by atoms with E-state index in [-0.39, 0.29) is 5.02 Å². The molecule has 0 bridgehead atoms. The van der Waals surface area contributed by atoms with E-state index in [1.165, 1.54) is 18.0 Å². The molecule has 166 valence electrons. The first-order valence-electron chi connectivity index (χ1n) is 9.61. The van der Waals surface area contributed by atoms with Crippen molar-refractivity contribution < 1.29 is 13.2 Å². The first-order valence-corrected chi connectivity index (χ1v) is 11.1. The van der Waals surface area contributed by atoms with Crippen LogP contribution in [0.15, 0.2) is 71.8 Å². The van der Waals surface area contributed by atoms with Crippen molar-refractivity contribution in [2.75, 3.05) is 12.4 Å². The Hall–Kier alpha value is -2.32. The van der Waals surface area contributed by atoms with E-state index in [0.29, 0.717) is 22.9 Å². The van der Waals surface area contributed by atoms with E-state index in [0.717, 1.165) is 33.5 Å². The highest BCUT2D eigenvalue weighted by molar-refractivity contribution is 7.98. The zero-order valence-corrected chi connectivity index (χ0v) is 19.1. The van der Waals surface area contributed by atoms with Crippen molar-refractivity contribution >= 4 is 57.4 Å². The second-order valence-corrected chi connectivity index (χ2v) is 9.00. The highest BCUT2D eigenvalue weighted by Crippen LogP contribution is 2.36. The molecule has 0 atom stereocenters. The summed E-state index contributed by atoms with van der Waals surface area (Å²) in [5.74, 6) is 0. The maximum absolute atomic E-state index is 12.9. The fourth-order valence-corrected chi connectivity index (χ4v) is 4.79. The van der Waals surface area contributed by atoms with Crippen LogP contribution in [0, 0.1) is 0 Å². The van der Waals surface area contributed by atoms with E-state index in [1.54, 1.807) is 0 Å². The minimum atomic E-state index is -4.44. The highest BCUT2D eigenvalue weighted by Gasteiger charge is 2.30. The monoisotopic (exact) mass is 495 g/mol. The van der Waals surface area contributed by atoms with Crippen LogP contribution in [0.4, 0.5) is 24.5 Å². The lowest BCUT2D eigenvalue weighted by molar-refractivity contribution is -0.137. The van der Waals surface area contributed by atoms with Crippen molar-refractivity contribution in [3.8, 4) is 0 Å². The molecule has 0 saturated heterocycles. The van der Waals surface area contributed by atoms with Gasteiger partial charge in [-0.3, -0.25) is 3.97 Å². The number of hydrogen-bond donors (Lipinski definition) is 2. The smallest absolute Gasteiger partial charge is 0.354 e. The lowest BCUT2D eigenvalue weighted by Gasteiger charge is -2.12. The van der Waals surface area contributed by atoms with Crippen LogP contribution in [0.2, 0.25) is 10.0 Å². The standard InChI is InChI=1S/C23H18Cl2F3N3S/c1-29-12-14-13-31(32-18-4-2-3-16(24)10-18)22-11-17(6-7-19(14)22)30-21-8-5-15(9-20(21)25)23(26,27)28/h2-11,13,29-30H,12H2,1H3. The zero-order chi connectivity index (χ0) is 22.9. The summed E-state index contributed by atoms with van der Waals surface area (Å²) in [6.45, 7) is 0.692. The van der Waals surface area contributed by atoms with E-state index in [9.17, 15) is 13.2 Å². The second-order valence-electron chi connectivity index (χ2n) is 7.11. The summed E-state index contributed by atoms with van der Waals surface area (Å²) in [6, 6.07) is 16.7. The summed E-state index contributed by atoms with van der Waals surface area (Å²) in [6.07, 6.45) is -2.38. The highest BCUT2D eigenvalue weighted by atomic mass is 35.5. The van der Waals surface area contributed by atoms with Gasteiger partial charge in [0, 0.05) is 33.7 Å². The third kappa shape index (κ3) is 5.02. The van der Waals surface area contributed by atoms with Crippen LogP contribution < -0.4 is 10.6 Å². The molecule has 0 aliphatic rings. The van der Waals surface area contributed by atoms with E-state index in [1.807, 2.05) is 53.5 Å². The average molecular weight is 496 g/mol. The molecule has 0 fully saturated rings. The van der Waals surface area contributed by atoms with Crippen molar-refractivity contribution in [1.82, 2.24) is 9.29 Å². The zero-order valence-electron chi connectivity index (χ0n) is 16.8. The molecule has 1 heterocycles. The van der Waals surface area contributed by atoms with Gasteiger partial charge in [-0.1, -0.05) is 35.3 Å². The van der Waals surface area contributed by atoms with Crippen molar-refractivity contribution in [2.45, 2.75) is 17.6 Å². The van der Waals surface area contributed by atoms with Crippen LogP contribution in [0.3, 0.4) is 0 Å². The van der Waals surface area contributed by atoms with Gasteiger partial charge in [0.15, 0.2) is 0 Å². The lowest BCUT2D eigenvalue weighted by Crippen LogP contribution is -2.05. The number of halogens is 5.